The van der Waals surface area contributed by atoms with Crippen LogP contribution in [0.15, 0.2) is 59.5 Å². The molecule has 8 heteroatoms. The summed E-state index contributed by atoms with van der Waals surface area (Å²) in [4.78, 5) is 19.8. The van der Waals surface area contributed by atoms with Gasteiger partial charge in [0.2, 0.25) is 15.9 Å². The normalized spacial score (nSPS) is 17.1. The van der Waals surface area contributed by atoms with Gasteiger partial charge in [-0.3, -0.25) is 4.79 Å². The Morgan fingerprint density at radius 1 is 1.16 bits per heavy atom. The Morgan fingerprint density at radius 2 is 1.88 bits per heavy atom. The van der Waals surface area contributed by atoms with Crippen molar-refractivity contribution in [2.45, 2.75) is 37.6 Å². The Labute approximate surface area is 193 Å². The number of carbonyl (C=O) groups is 1. The SMILES string of the molecule is CCN(CC)S(=O)(=O)c1ccc(C=CC(=O)N2CCCC2c2nc3ccccc3s2)cc1. The quantitative estimate of drug-likeness (QED) is 0.470. The molecule has 1 amide bonds. The van der Waals surface area contributed by atoms with Crippen LogP contribution in [0.2, 0.25) is 0 Å². The van der Waals surface area contributed by atoms with Crippen LogP contribution in [-0.4, -0.2) is 48.1 Å². The van der Waals surface area contributed by atoms with Crippen molar-refractivity contribution in [3.05, 3.63) is 65.2 Å². The molecule has 0 aliphatic carbocycles. The molecule has 0 saturated carbocycles. The van der Waals surface area contributed by atoms with Crippen LogP contribution >= 0.6 is 11.3 Å². The Balaban J connectivity index is 1.47. The summed E-state index contributed by atoms with van der Waals surface area (Å²) in [6.07, 6.45) is 5.18. The topological polar surface area (TPSA) is 70.6 Å². The molecule has 0 spiro atoms. The maximum atomic E-state index is 12.9. The van der Waals surface area contributed by atoms with Gasteiger partial charge in [-0.25, -0.2) is 13.4 Å². The lowest BCUT2D eigenvalue weighted by Gasteiger charge is -2.21. The van der Waals surface area contributed by atoms with Crippen molar-refractivity contribution in [3.63, 3.8) is 0 Å². The number of aromatic nitrogens is 1. The molecule has 0 radical (unpaired) electrons. The summed E-state index contributed by atoms with van der Waals surface area (Å²) in [5.41, 5.74) is 1.76. The zero-order valence-electron chi connectivity index (χ0n) is 18.3. The highest BCUT2D eigenvalue weighted by Gasteiger charge is 2.31. The Kier molecular flexibility index (Phi) is 6.74. The van der Waals surface area contributed by atoms with E-state index in [1.165, 1.54) is 4.31 Å². The molecule has 4 rings (SSSR count). The molecule has 168 valence electrons. The standard InChI is InChI=1S/C24H27N3O3S2/c1-3-26(4-2)32(29,30)19-14-11-18(12-15-19)13-16-23(28)27-17-7-9-21(27)24-25-20-8-5-6-10-22(20)31-24/h5-6,8,10-16,21H,3-4,7,9,17H2,1-2H3. The summed E-state index contributed by atoms with van der Waals surface area (Å²) in [5, 5.41) is 0.983. The fourth-order valence-corrected chi connectivity index (χ4v) is 6.62. The number of likely N-dealkylation sites (tertiary alicyclic amines) is 1. The molecule has 1 aromatic heterocycles. The third-order valence-electron chi connectivity index (χ3n) is 5.77. The van der Waals surface area contributed by atoms with Crippen LogP contribution in [0.4, 0.5) is 0 Å². The molecule has 1 fully saturated rings. The molecule has 1 aliphatic rings. The number of thiazole rings is 1. The number of fused-ring (bicyclic) bond motifs is 1. The van der Waals surface area contributed by atoms with Crippen LogP contribution in [0.3, 0.4) is 0 Å². The Morgan fingerprint density at radius 3 is 2.56 bits per heavy atom. The summed E-state index contributed by atoms with van der Waals surface area (Å²) in [6, 6.07) is 14.7. The lowest BCUT2D eigenvalue weighted by molar-refractivity contribution is -0.126. The summed E-state index contributed by atoms with van der Waals surface area (Å²) < 4.78 is 27.8. The molecule has 1 unspecified atom stereocenters. The highest BCUT2D eigenvalue weighted by Crippen LogP contribution is 2.36. The van der Waals surface area contributed by atoms with E-state index in [-0.39, 0.29) is 16.8 Å². The molecule has 0 bridgehead atoms. The van der Waals surface area contributed by atoms with Crippen LogP contribution in [0.25, 0.3) is 16.3 Å². The molecule has 1 aliphatic heterocycles. The largest absolute Gasteiger partial charge is 0.330 e. The fraction of sp³-hybridized carbons (Fsp3) is 0.333. The minimum atomic E-state index is -3.48. The number of para-hydroxylation sites is 1. The first-order valence-electron chi connectivity index (χ1n) is 10.9. The van der Waals surface area contributed by atoms with E-state index in [2.05, 4.69) is 6.07 Å². The van der Waals surface area contributed by atoms with Crippen molar-refractivity contribution < 1.29 is 13.2 Å². The predicted molar refractivity (Wildman–Crippen MR) is 129 cm³/mol. The smallest absolute Gasteiger partial charge is 0.247 e. The number of amides is 1. The van der Waals surface area contributed by atoms with Gasteiger partial charge in [-0.2, -0.15) is 4.31 Å². The van der Waals surface area contributed by atoms with E-state index in [0.29, 0.717) is 19.6 Å². The van der Waals surface area contributed by atoms with Crippen molar-refractivity contribution >= 4 is 43.6 Å². The van der Waals surface area contributed by atoms with E-state index in [4.69, 9.17) is 4.98 Å². The van der Waals surface area contributed by atoms with Gasteiger partial charge >= 0.3 is 0 Å². The predicted octanol–water partition coefficient (Wildman–Crippen LogP) is 4.70. The van der Waals surface area contributed by atoms with E-state index in [0.717, 1.165) is 33.6 Å². The molecule has 2 aromatic carbocycles. The van der Waals surface area contributed by atoms with Gasteiger partial charge in [0.25, 0.3) is 0 Å². The lowest BCUT2D eigenvalue weighted by Crippen LogP contribution is -2.30. The van der Waals surface area contributed by atoms with E-state index in [1.54, 1.807) is 47.8 Å². The van der Waals surface area contributed by atoms with E-state index in [9.17, 15) is 13.2 Å². The van der Waals surface area contributed by atoms with Crippen molar-refractivity contribution in [1.82, 2.24) is 14.2 Å². The number of rotatable bonds is 7. The lowest BCUT2D eigenvalue weighted by atomic mass is 10.2. The number of nitrogens with zero attached hydrogens (tertiary/aromatic N) is 3. The van der Waals surface area contributed by atoms with Crippen molar-refractivity contribution in [2.75, 3.05) is 19.6 Å². The average Bonchev–Trinajstić information content (AvgIpc) is 3.45. The zero-order chi connectivity index (χ0) is 22.7. The minimum Gasteiger partial charge on any atom is -0.330 e. The average molecular weight is 470 g/mol. The van der Waals surface area contributed by atoms with Gasteiger partial charge in [0.05, 0.1) is 21.2 Å². The monoisotopic (exact) mass is 469 g/mol. The summed E-state index contributed by atoms with van der Waals surface area (Å²) in [7, 11) is -3.48. The maximum absolute atomic E-state index is 12.9. The van der Waals surface area contributed by atoms with Crippen LogP contribution in [-0.2, 0) is 14.8 Å². The third-order valence-corrected chi connectivity index (χ3v) is 8.97. The first-order valence-corrected chi connectivity index (χ1v) is 13.1. The molecular formula is C24H27N3O3S2. The van der Waals surface area contributed by atoms with Crippen LogP contribution < -0.4 is 0 Å². The summed E-state index contributed by atoms with van der Waals surface area (Å²) in [5.74, 6) is -0.0494. The van der Waals surface area contributed by atoms with Crippen LogP contribution in [0, 0.1) is 0 Å². The van der Waals surface area contributed by atoms with Gasteiger partial charge in [-0.15, -0.1) is 11.3 Å². The van der Waals surface area contributed by atoms with Crippen LogP contribution in [0.5, 0.6) is 0 Å². The number of sulfonamides is 1. The van der Waals surface area contributed by atoms with Gasteiger partial charge < -0.3 is 4.90 Å². The molecule has 32 heavy (non-hydrogen) atoms. The molecule has 0 N–H and O–H groups in total. The van der Waals surface area contributed by atoms with Crippen molar-refractivity contribution in [2.24, 2.45) is 0 Å². The number of hydrogen-bond acceptors (Lipinski definition) is 5. The highest BCUT2D eigenvalue weighted by molar-refractivity contribution is 7.89. The number of hydrogen-bond donors (Lipinski definition) is 0. The first kappa shape index (κ1) is 22.6. The Bertz CT molecular complexity index is 1200. The second-order valence-corrected chi connectivity index (χ2v) is 10.7. The van der Waals surface area contributed by atoms with Gasteiger partial charge in [0.1, 0.15) is 5.01 Å². The third kappa shape index (κ3) is 4.48. The van der Waals surface area contributed by atoms with Gasteiger partial charge in [0.15, 0.2) is 0 Å². The zero-order valence-corrected chi connectivity index (χ0v) is 19.9. The molecule has 6 nitrogen and oxygen atoms in total. The van der Waals surface area contributed by atoms with E-state index >= 15 is 0 Å². The second-order valence-electron chi connectivity index (χ2n) is 7.70. The first-order chi connectivity index (χ1) is 15.4. The van der Waals surface area contributed by atoms with E-state index < -0.39 is 10.0 Å². The number of carbonyl (C=O) groups excluding carboxylic acids is 1. The van der Waals surface area contributed by atoms with Crippen molar-refractivity contribution in [1.29, 1.82) is 0 Å². The van der Waals surface area contributed by atoms with Crippen molar-refractivity contribution in [3.8, 4) is 0 Å². The highest BCUT2D eigenvalue weighted by atomic mass is 32.2. The summed E-state index contributed by atoms with van der Waals surface area (Å²) >= 11 is 1.65. The molecule has 1 saturated heterocycles. The Hall–Kier alpha value is -2.55. The van der Waals surface area contributed by atoms with Gasteiger partial charge in [-0.05, 0) is 48.7 Å². The van der Waals surface area contributed by atoms with Gasteiger partial charge in [0, 0.05) is 25.7 Å². The molecule has 1 atom stereocenters. The van der Waals surface area contributed by atoms with Crippen LogP contribution in [0.1, 0.15) is 43.3 Å². The second kappa shape index (κ2) is 9.52. The molecule has 3 aromatic rings. The number of benzene rings is 2. The van der Waals surface area contributed by atoms with E-state index in [1.807, 2.05) is 36.9 Å². The maximum Gasteiger partial charge on any atom is 0.247 e. The fourth-order valence-electron chi connectivity index (χ4n) is 4.05. The molecular weight excluding hydrogens is 442 g/mol. The van der Waals surface area contributed by atoms with Gasteiger partial charge in [-0.1, -0.05) is 38.1 Å². The minimum absolute atomic E-state index is 0.00568. The summed E-state index contributed by atoms with van der Waals surface area (Å²) in [6.45, 7) is 5.22. The molecule has 2 heterocycles.